The summed E-state index contributed by atoms with van der Waals surface area (Å²) < 4.78 is 0. The van der Waals surface area contributed by atoms with Crippen LogP contribution < -0.4 is 5.32 Å². The van der Waals surface area contributed by atoms with Crippen LogP contribution in [0.4, 0.5) is 0 Å². The van der Waals surface area contributed by atoms with Gasteiger partial charge in [0.25, 0.3) is 0 Å². The summed E-state index contributed by atoms with van der Waals surface area (Å²) in [6.45, 7) is 7.84. The molecule has 3 heteroatoms. The summed E-state index contributed by atoms with van der Waals surface area (Å²) in [5, 5.41) is 15.0. The molecular weight excluding hydrogens is 284 g/mol. The summed E-state index contributed by atoms with van der Waals surface area (Å²) in [5.41, 5.74) is 3.60. The maximum Gasteiger partial charge on any atom is 0.0492 e. The summed E-state index contributed by atoms with van der Waals surface area (Å²) in [4.78, 5) is 0. The number of hydrogen-bond donors (Lipinski definition) is 2. The molecule has 0 heterocycles. The fourth-order valence-electron chi connectivity index (χ4n) is 2.42. The molecule has 0 bridgehead atoms. The lowest BCUT2D eigenvalue weighted by molar-refractivity contribution is -0.129. The van der Waals surface area contributed by atoms with Crippen molar-refractivity contribution in [2.24, 2.45) is 0 Å². The van der Waals surface area contributed by atoms with Gasteiger partial charge in [0.2, 0.25) is 0 Å². The summed E-state index contributed by atoms with van der Waals surface area (Å²) in [6, 6.07) is 18.6. The Kier molecular flexibility index (Phi) is 7.01. The molecule has 0 spiro atoms. The van der Waals surface area contributed by atoms with E-state index in [0.717, 1.165) is 25.1 Å². The van der Waals surface area contributed by atoms with Gasteiger partial charge in [0.05, 0.1) is 0 Å². The van der Waals surface area contributed by atoms with Gasteiger partial charge >= 0.3 is 0 Å². The first-order valence-corrected chi connectivity index (χ1v) is 8.08. The van der Waals surface area contributed by atoms with Gasteiger partial charge in [-0.2, -0.15) is 5.06 Å². The highest BCUT2D eigenvalue weighted by atomic mass is 16.5. The highest BCUT2D eigenvalue weighted by Gasteiger charge is 2.11. The van der Waals surface area contributed by atoms with E-state index in [-0.39, 0.29) is 6.04 Å². The van der Waals surface area contributed by atoms with Gasteiger partial charge in [0, 0.05) is 25.7 Å². The lowest BCUT2D eigenvalue weighted by Gasteiger charge is -2.23. The molecule has 0 fully saturated rings. The van der Waals surface area contributed by atoms with E-state index in [1.807, 2.05) is 31.2 Å². The van der Waals surface area contributed by atoms with Crippen LogP contribution in [-0.2, 0) is 19.5 Å². The molecule has 0 amide bonds. The van der Waals surface area contributed by atoms with E-state index in [9.17, 15) is 5.21 Å². The third kappa shape index (κ3) is 5.99. The number of nitrogens with zero attached hydrogens (tertiary/aromatic N) is 1. The largest absolute Gasteiger partial charge is 0.313 e. The van der Waals surface area contributed by atoms with Crippen LogP contribution in [-0.4, -0.2) is 22.9 Å². The van der Waals surface area contributed by atoms with Crippen molar-refractivity contribution in [1.82, 2.24) is 10.4 Å². The highest BCUT2D eigenvalue weighted by molar-refractivity contribution is 5.23. The zero-order valence-electron chi connectivity index (χ0n) is 13.8. The minimum Gasteiger partial charge on any atom is -0.313 e. The fourth-order valence-corrected chi connectivity index (χ4v) is 2.42. The fraction of sp³-hybridized carbons (Fsp3) is 0.300. The average molecular weight is 310 g/mol. The van der Waals surface area contributed by atoms with Crippen molar-refractivity contribution in [1.29, 1.82) is 0 Å². The van der Waals surface area contributed by atoms with Crippen LogP contribution in [0.2, 0.25) is 0 Å². The molecule has 0 aliphatic carbocycles. The molecule has 0 aliphatic rings. The second-order valence-corrected chi connectivity index (χ2v) is 5.87. The van der Waals surface area contributed by atoms with Gasteiger partial charge < -0.3 is 10.5 Å². The molecule has 2 aromatic carbocycles. The average Bonchev–Trinajstić information content (AvgIpc) is 2.57. The number of hydroxylamine groups is 2. The standard InChI is InChI=1S/C20H26N2O/c1-3-7-18-10-12-20(13-11-18)16-22(23)17(2)14-21-15-19-8-5-4-6-9-19/h3-6,8-13,17,21,23H,1,7,14-16H2,2H3. The van der Waals surface area contributed by atoms with Crippen molar-refractivity contribution in [3.05, 3.63) is 83.9 Å². The van der Waals surface area contributed by atoms with E-state index in [4.69, 9.17) is 0 Å². The Morgan fingerprint density at radius 1 is 1.04 bits per heavy atom. The van der Waals surface area contributed by atoms with Gasteiger partial charge in [-0.1, -0.05) is 60.7 Å². The predicted molar refractivity (Wildman–Crippen MR) is 95.3 cm³/mol. The zero-order valence-corrected chi connectivity index (χ0v) is 13.8. The van der Waals surface area contributed by atoms with Crippen LogP contribution in [0.3, 0.4) is 0 Å². The molecule has 1 atom stereocenters. The maximum atomic E-state index is 10.2. The molecule has 1 unspecified atom stereocenters. The van der Waals surface area contributed by atoms with Crippen molar-refractivity contribution < 1.29 is 5.21 Å². The number of allylic oxidation sites excluding steroid dienone is 1. The third-order valence-electron chi connectivity index (χ3n) is 3.87. The Morgan fingerprint density at radius 3 is 2.35 bits per heavy atom. The first kappa shape index (κ1) is 17.4. The van der Waals surface area contributed by atoms with E-state index in [1.54, 1.807) is 0 Å². The van der Waals surface area contributed by atoms with E-state index < -0.39 is 0 Å². The monoisotopic (exact) mass is 310 g/mol. The number of benzene rings is 2. The summed E-state index contributed by atoms with van der Waals surface area (Å²) in [7, 11) is 0. The zero-order chi connectivity index (χ0) is 16.5. The van der Waals surface area contributed by atoms with Crippen LogP contribution in [0.1, 0.15) is 23.6 Å². The Morgan fingerprint density at radius 2 is 1.70 bits per heavy atom. The summed E-state index contributed by atoms with van der Waals surface area (Å²) in [6.07, 6.45) is 2.77. The van der Waals surface area contributed by atoms with Gasteiger partial charge in [-0.05, 0) is 30.0 Å². The quantitative estimate of drug-likeness (QED) is 0.546. The van der Waals surface area contributed by atoms with Crippen molar-refractivity contribution in [2.75, 3.05) is 6.54 Å². The number of nitrogens with one attached hydrogen (secondary N) is 1. The van der Waals surface area contributed by atoms with Crippen LogP contribution in [0, 0.1) is 0 Å². The molecule has 3 nitrogen and oxygen atoms in total. The molecule has 122 valence electrons. The first-order valence-electron chi connectivity index (χ1n) is 8.08. The molecule has 2 rings (SSSR count). The van der Waals surface area contributed by atoms with Gasteiger partial charge in [-0.3, -0.25) is 0 Å². The van der Waals surface area contributed by atoms with Crippen LogP contribution >= 0.6 is 0 Å². The van der Waals surface area contributed by atoms with Crippen molar-refractivity contribution in [2.45, 2.75) is 32.5 Å². The Balaban J connectivity index is 1.75. The van der Waals surface area contributed by atoms with E-state index in [1.165, 1.54) is 16.2 Å². The smallest absolute Gasteiger partial charge is 0.0492 e. The maximum absolute atomic E-state index is 10.2. The summed E-state index contributed by atoms with van der Waals surface area (Å²) in [5.74, 6) is 0. The lowest BCUT2D eigenvalue weighted by Crippen LogP contribution is -2.37. The molecule has 0 radical (unpaired) electrons. The lowest BCUT2D eigenvalue weighted by atomic mass is 10.1. The van der Waals surface area contributed by atoms with Gasteiger partial charge in [-0.25, -0.2) is 0 Å². The minimum atomic E-state index is 0.0477. The third-order valence-corrected chi connectivity index (χ3v) is 3.87. The first-order chi connectivity index (χ1) is 11.2. The number of rotatable bonds is 9. The van der Waals surface area contributed by atoms with E-state index in [0.29, 0.717) is 6.54 Å². The van der Waals surface area contributed by atoms with Crippen LogP contribution in [0.25, 0.3) is 0 Å². The van der Waals surface area contributed by atoms with E-state index >= 15 is 0 Å². The predicted octanol–water partition coefficient (Wildman–Crippen LogP) is 3.78. The Bertz CT molecular complexity index is 580. The van der Waals surface area contributed by atoms with E-state index in [2.05, 4.69) is 48.3 Å². The van der Waals surface area contributed by atoms with Crippen molar-refractivity contribution in [3.8, 4) is 0 Å². The molecule has 0 saturated heterocycles. The van der Waals surface area contributed by atoms with Gasteiger partial charge in [-0.15, -0.1) is 6.58 Å². The molecule has 2 aromatic rings. The van der Waals surface area contributed by atoms with Gasteiger partial charge in [0.1, 0.15) is 0 Å². The topological polar surface area (TPSA) is 35.5 Å². The molecule has 2 N–H and O–H groups in total. The molecule has 23 heavy (non-hydrogen) atoms. The molecular formula is C20H26N2O. The second kappa shape index (κ2) is 9.26. The minimum absolute atomic E-state index is 0.0477. The van der Waals surface area contributed by atoms with Crippen molar-refractivity contribution in [3.63, 3.8) is 0 Å². The Hall–Kier alpha value is -1.94. The van der Waals surface area contributed by atoms with Gasteiger partial charge in [0.15, 0.2) is 0 Å². The summed E-state index contributed by atoms with van der Waals surface area (Å²) >= 11 is 0. The molecule has 0 aliphatic heterocycles. The van der Waals surface area contributed by atoms with Crippen LogP contribution in [0.5, 0.6) is 0 Å². The highest BCUT2D eigenvalue weighted by Crippen LogP contribution is 2.09. The number of hydrogen-bond acceptors (Lipinski definition) is 3. The van der Waals surface area contributed by atoms with Crippen molar-refractivity contribution >= 4 is 0 Å². The molecule has 0 saturated carbocycles. The SMILES string of the molecule is C=CCc1ccc(CN(O)C(C)CNCc2ccccc2)cc1. The van der Waals surface area contributed by atoms with Crippen LogP contribution in [0.15, 0.2) is 67.3 Å². The normalized spacial score (nSPS) is 12.3. The molecule has 0 aromatic heterocycles. The second-order valence-electron chi connectivity index (χ2n) is 5.87. The Labute approximate surface area is 139 Å².